The van der Waals surface area contributed by atoms with Crippen molar-refractivity contribution in [1.82, 2.24) is 9.80 Å². The maximum Gasteiger partial charge on any atom is 0.410 e. The van der Waals surface area contributed by atoms with Gasteiger partial charge >= 0.3 is 6.09 Å². The van der Waals surface area contributed by atoms with Crippen molar-refractivity contribution in [3.63, 3.8) is 0 Å². The second-order valence-electron chi connectivity index (χ2n) is 9.25. The summed E-state index contributed by atoms with van der Waals surface area (Å²) in [5, 5.41) is 0. The summed E-state index contributed by atoms with van der Waals surface area (Å²) in [6.45, 7) is 9.43. The minimum atomic E-state index is -0.243. The molecule has 1 amide bonds. The molecule has 2 fully saturated rings. The summed E-state index contributed by atoms with van der Waals surface area (Å²) in [6, 6.07) is 10.0. The molecule has 32 heavy (non-hydrogen) atoms. The Hall–Kier alpha value is -1.85. The number of unbranched alkanes of at least 4 members (excludes halogenated alkanes) is 3. The van der Waals surface area contributed by atoms with Crippen molar-refractivity contribution in [2.45, 2.75) is 83.0 Å². The van der Waals surface area contributed by atoms with Gasteiger partial charge in [-0.25, -0.2) is 4.79 Å². The van der Waals surface area contributed by atoms with Crippen molar-refractivity contribution >= 4 is 6.09 Å². The predicted octanol–water partition coefficient (Wildman–Crippen LogP) is 5.80. The number of rotatable bonds is 13. The minimum absolute atomic E-state index is 0.210. The van der Waals surface area contributed by atoms with Gasteiger partial charge in [-0.15, -0.1) is 6.58 Å². The smallest absolute Gasteiger partial charge is 0.410 e. The van der Waals surface area contributed by atoms with Gasteiger partial charge in [-0.3, -0.25) is 0 Å². The SMILES string of the molecule is C=CCN(C(=O)OCc1ccccc1)[C@H]1CC[C@H](OCCCCCCN2CCCC2)CC1. The third-order valence-electron chi connectivity index (χ3n) is 6.77. The molecule has 1 saturated carbocycles. The fourth-order valence-corrected chi connectivity index (χ4v) is 4.88. The molecule has 178 valence electrons. The maximum absolute atomic E-state index is 12.7. The first-order valence-electron chi connectivity index (χ1n) is 12.7. The first-order valence-corrected chi connectivity index (χ1v) is 12.7. The Morgan fingerprint density at radius 2 is 1.75 bits per heavy atom. The van der Waals surface area contributed by atoms with Gasteiger partial charge in [0.15, 0.2) is 0 Å². The van der Waals surface area contributed by atoms with Crippen molar-refractivity contribution in [1.29, 1.82) is 0 Å². The van der Waals surface area contributed by atoms with Crippen LogP contribution in [-0.2, 0) is 16.1 Å². The van der Waals surface area contributed by atoms with E-state index in [2.05, 4.69) is 11.5 Å². The Balaban J connectivity index is 1.27. The molecule has 2 aliphatic rings. The zero-order valence-corrected chi connectivity index (χ0v) is 19.8. The molecule has 5 heteroatoms. The average Bonchev–Trinajstić information content (AvgIpc) is 3.35. The van der Waals surface area contributed by atoms with Gasteiger partial charge in [-0.2, -0.15) is 0 Å². The lowest BCUT2D eigenvalue weighted by Crippen LogP contribution is -2.43. The Morgan fingerprint density at radius 1 is 1.03 bits per heavy atom. The van der Waals surface area contributed by atoms with Gasteiger partial charge in [0.2, 0.25) is 0 Å². The summed E-state index contributed by atoms with van der Waals surface area (Å²) < 4.78 is 11.7. The average molecular weight is 443 g/mol. The van der Waals surface area contributed by atoms with Crippen LogP contribution in [0.15, 0.2) is 43.0 Å². The van der Waals surface area contributed by atoms with Crippen molar-refractivity contribution in [3.8, 4) is 0 Å². The molecule has 0 N–H and O–H groups in total. The molecule has 5 nitrogen and oxygen atoms in total. The number of hydrogen-bond acceptors (Lipinski definition) is 4. The summed E-state index contributed by atoms with van der Waals surface area (Å²) in [6.07, 6.45) is 13.7. The molecule has 1 aromatic rings. The predicted molar refractivity (Wildman–Crippen MR) is 130 cm³/mol. The molecule has 1 saturated heterocycles. The number of amides is 1. The highest BCUT2D eigenvalue weighted by Crippen LogP contribution is 2.26. The Morgan fingerprint density at radius 3 is 2.47 bits per heavy atom. The molecule has 0 unspecified atom stereocenters. The molecule has 3 rings (SSSR count). The Labute approximate surface area is 194 Å². The topological polar surface area (TPSA) is 42.0 Å². The van der Waals surface area contributed by atoms with Crippen LogP contribution in [0.2, 0.25) is 0 Å². The lowest BCUT2D eigenvalue weighted by molar-refractivity contribution is 0.00492. The highest BCUT2D eigenvalue weighted by atomic mass is 16.6. The Kier molecular flexibility index (Phi) is 11.1. The van der Waals surface area contributed by atoms with E-state index in [0.717, 1.165) is 44.3 Å². The number of carbonyl (C=O) groups excluding carboxylic acids is 1. The summed E-state index contributed by atoms with van der Waals surface area (Å²) in [5.41, 5.74) is 1.01. The number of hydrogen-bond donors (Lipinski definition) is 0. The van der Waals surface area contributed by atoms with Crippen LogP contribution in [0.1, 0.15) is 69.8 Å². The van der Waals surface area contributed by atoms with Gasteiger partial charge in [-0.1, -0.05) is 49.2 Å². The number of nitrogens with zero attached hydrogens (tertiary/aromatic N) is 2. The summed E-state index contributed by atoms with van der Waals surface area (Å²) in [4.78, 5) is 17.1. The second kappa shape index (κ2) is 14.3. The van der Waals surface area contributed by atoms with E-state index in [1.807, 2.05) is 35.2 Å². The third-order valence-corrected chi connectivity index (χ3v) is 6.77. The molecular formula is C27H42N2O3. The normalized spacial score (nSPS) is 21.4. The maximum atomic E-state index is 12.7. The van der Waals surface area contributed by atoms with E-state index in [9.17, 15) is 4.79 Å². The van der Waals surface area contributed by atoms with Crippen molar-refractivity contribution < 1.29 is 14.3 Å². The van der Waals surface area contributed by atoms with Crippen LogP contribution in [0, 0.1) is 0 Å². The van der Waals surface area contributed by atoms with E-state index in [0.29, 0.717) is 19.3 Å². The molecule has 1 aromatic carbocycles. The fraction of sp³-hybridized carbons (Fsp3) is 0.667. The first-order chi connectivity index (χ1) is 15.8. The van der Waals surface area contributed by atoms with E-state index in [1.165, 1.54) is 51.7 Å². The van der Waals surface area contributed by atoms with E-state index in [-0.39, 0.29) is 12.1 Å². The van der Waals surface area contributed by atoms with Crippen molar-refractivity contribution in [2.24, 2.45) is 0 Å². The monoisotopic (exact) mass is 442 g/mol. The van der Waals surface area contributed by atoms with Crippen LogP contribution >= 0.6 is 0 Å². The summed E-state index contributed by atoms with van der Waals surface area (Å²) in [5.74, 6) is 0. The number of likely N-dealkylation sites (tertiary alicyclic amines) is 1. The number of benzene rings is 1. The Bertz CT molecular complexity index is 652. The van der Waals surface area contributed by atoms with Gasteiger partial charge in [-0.05, 0) is 76.6 Å². The third kappa shape index (κ3) is 8.59. The van der Waals surface area contributed by atoms with E-state index < -0.39 is 0 Å². The van der Waals surface area contributed by atoms with Gasteiger partial charge in [0.1, 0.15) is 6.61 Å². The van der Waals surface area contributed by atoms with Gasteiger partial charge in [0.25, 0.3) is 0 Å². The van der Waals surface area contributed by atoms with Crippen LogP contribution in [0.5, 0.6) is 0 Å². The molecule has 0 spiro atoms. The molecule has 0 radical (unpaired) electrons. The lowest BCUT2D eigenvalue weighted by atomic mass is 9.92. The summed E-state index contributed by atoms with van der Waals surface area (Å²) >= 11 is 0. The standard InChI is InChI=1S/C27H42N2O3/c1-2-18-29(27(30)32-23-24-12-6-5-7-13-24)25-14-16-26(17-15-25)31-22-11-4-3-8-19-28-20-9-10-21-28/h2,5-7,12-13,25-26H,1,3-4,8-11,14-23H2/t25-,26-. The summed E-state index contributed by atoms with van der Waals surface area (Å²) in [7, 11) is 0. The van der Waals surface area contributed by atoms with Crippen molar-refractivity contribution in [2.75, 3.05) is 32.8 Å². The molecular weight excluding hydrogens is 400 g/mol. The highest BCUT2D eigenvalue weighted by molar-refractivity contribution is 5.68. The molecule has 1 aliphatic carbocycles. The minimum Gasteiger partial charge on any atom is -0.445 e. The van der Waals surface area contributed by atoms with E-state index in [1.54, 1.807) is 6.08 Å². The quantitative estimate of drug-likeness (QED) is 0.286. The second-order valence-corrected chi connectivity index (χ2v) is 9.25. The largest absolute Gasteiger partial charge is 0.445 e. The van der Waals surface area contributed by atoms with Gasteiger partial charge in [0.05, 0.1) is 6.10 Å². The molecule has 1 aliphatic heterocycles. The van der Waals surface area contributed by atoms with E-state index >= 15 is 0 Å². The zero-order valence-electron chi connectivity index (χ0n) is 19.8. The molecule has 0 atom stereocenters. The number of carbonyl (C=O) groups is 1. The van der Waals surface area contributed by atoms with E-state index in [4.69, 9.17) is 9.47 Å². The van der Waals surface area contributed by atoms with Gasteiger partial charge in [0, 0.05) is 19.2 Å². The highest BCUT2D eigenvalue weighted by Gasteiger charge is 2.29. The molecule has 0 aromatic heterocycles. The number of ether oxygens (including phenoxy) is 2. The fourth-order valence-electron chi connectivity index (χ4n) is 4.88. The van der Waals surface area contributed by atoms with Gasteiger partial charge < -0.3 is 19.3 Å². The zero-order chi connectivity index (χ0) is 22.4. The lowest BCUT2D eigenvalue weighted by Gasteiger charge is -2.35. The van der Waals surface area contributed by atoms with Crippen LogP contribution in [0.3, 0.4) is 0 Å². The van der Waals surface area contributed by atoms with Crippen LogP contribution in [0.4, 0.5) is 4.79 Å². The molecule has 0 bridgehead atoms. The van der Waals surface area contributed by atoms with Crippen LogP contribution < -0.4 is 0 Å². The van der Waals surface area contributed by atoms with Crippen LogP contribution in [0.25, 0.3) is 0 Å². The first kappa shape index (κ1) is 24.8. The van der Waals surface area contributed by atoms with Crippen LogP contribution in [-0.4, -0.2) is 60.8 Å². The van der Waals surface area contributed by atoms with Crippen molar-refractivity contribution in [3.05, 3.63) is 48.6 Å². The molecule has 1 heterocycles.